The van der Waals surface area contributed by atoms with Crippen LogP contribution in [0.1, 0.15) is 5.56 Å². The van der Waals surface area contributed by atoms with Crippen molar-refractivity contribution in [1.82, 2.24) is 0 Å². The molecule has 0 unspecified atom stereocenters. The fourth-order valence-corrected chi connectivity index (χ4v) is 1.71. The summed E-state index contributed by atoms with van der Waals surface area (Å²) in [5, 5.41) is 8.26. The fourth-order valence-electron chi connectivity index (χ4n) is 1.15. The maximum atomic E-state index is 12.8. The van der Waals surface area contributed by atoms with Crippen molar-refractivity contribution in [2.75, 3.05) is 13.9 Å². The van der Waals surface area contributed by atoms with Gasteiger partial charge in [-0.1, -0.05) is 0 Å². The Morgan fingerprint density at radius 3 is 2.74 bits per heavy atom. The number of aliphatic carboxylic acids is 1. The summed E-state index contributed by atoms with van der Waals surface area (Å²) in [5.74, 6) is -2.04. The van der Waals surface area contributed by atoms with E-state index < -0.39 is 18.7 Å². The van der Waals surface area contributed by atoms with Crippen LogP contribution in [-0.2, 0) is 20.9 Å². The van der Waals surface area contributed by atoms with Crippen LogP contribution in [0, 0.1) is 3.57 Å². The number of hydrogen-bond donors (Lipinski definition) is 1. The molecule has 0 spiro atoms. The van der Waals surface area contributed by atoms with Gasteiger partial charge >= 0.3 is 12.1 Å². The Bertz CT molecular complexity index is 453. The fraction of sp³-hybridized carbons (Fsp3) is 0.364. The van der Waals surface area contributed by atoms with Gasteiger partial charge in [-0.2, -0.15) is 8.78 Å². The number of methoxy groups -OCH3 is 1. The standard InChI is InChI=1S/C11H11F2IO5/c1-17-6-18-9-3-2-8(14)4-7(9)5-19-11(12,13)10(15)16/h2-4H,5-6H2,1H3,(H,15,16). The summed E-state index contributed by atoms with van der Waals surface area (Å²) in [7, 11) is 1.42. The smallest absolute Gasteiger partial charge is 0.456 e. The molecule has 0 radical (unpaired) electrons. The molecule has 0 fully saturated rings. The molecule has 0 saturated carbocycles. The van der Waals surface area contributed by atoms with E-state index in [1.54, 1.807) is 18.2 Å². The zero-order valence-corrected chi connectivity index (χ0v) is 12.0. The Kier molecular flexibility index (Phi) is 5.88. The number of alkyl halides is 2. The van der Waals surface area contributed by atoms with Crippen LogP contribution in [0.25, 0.3) is 0 Å². The molecule has 1 aromatic rings. The number of halogens is 3. The van der Waals surface area contributed by atoms with Gasteiger partial charge in [0.2, 0.25) is 0 Å². The van der Waals surface area contributed by atoms with E-state index in [1.807, 2.05) is 22.6 Å². The number of hydrogen-bond acceptors (Lipinski definition) is 4. The van der Waals surface area contributed by atoms with E-state index in [4.69, 9.17) is 14.6 Å². The van der Waals surface area contributed by atoms with Crippen molar-refractivity contribution in [2.45, 2.75) is 12.7 Å². The van der Waals surface area contributed by atoms with Gasteiger partial charge in [0.25, 0.3) is 0 Å². The molecule has 0 aliphatic rings. The predicted octanol–water partition coefficient (Wildman–Crippen LogP) is 2.47. The molecule has 0 atom stereocenters. The van der Waals surface area contributed by atoms with Gasteiger partial charge in [0, 0.05) is 16.2 Å². The van der Waals surface area contributed by atoms with Gasteiger partial charge in [0.1, 0.15) is 5.75 Å². The van der Waals surface area contributed by atoms with E-state index in [0.717, 1.165) is 3.57 Å². The number of carboxylic acids is 1. The van der Waals surface area contributed by atoms with Crippen LogP contribution in [0.2, 0.25) is 0 Å². The van der Waals surface area contributed by atoms with Crippen LogP contribution in [0.4, 0.5) is 8.78 Å². The summed E-state index contributed by atoms with van der Waals surface area (Å²) in [5.41, 5.74) is 0.310. The molecule has 1 N–H and O–H groups in total. The average molecular weight is 388 g/mol. The molecule has 106 valence electrons. The third-order valence-electron chi connectivity index (χ3n) is 2.01. The number of rotatable bonds is 7. The first-order chi connectivity index (χ1) is 8.86. The molecule has 0 heterocycles. The van der Waals surface area contributed by atoms with Gasteiger partial charge in [0.15, 0.2) is 6.79 Å². The van der Waals surface area contributed by atoms with Crippen LogP contribution in [0.3, 0.4) is 0 Å². The highest BCUT2D eigenvalue weighted by Gasteiger charge is 2.40. The molecule has 0 aromatic heterocycles. The Morgan fingerprint density at radius 1 is 1.47 bits per heavy atom. The van der Waals surface area contributed by atoms with Crippen LogP contribution in [-0.4, -0.2) is 31.1 Å². The normalized spacial score (nSPS) is 11.4. The molecule has 0 amide bonds. The molecule has 1 rings (SSSR count). The molecule has 19 heavy (non-hydrogen) atoms. The topological polar surface area (TPSA) is 65.0 Å². The molecule has 8 heteroatoms. The highest BCUT2D eigenvalue weighted by molar-refractivity contribution is 14.1. The Balaban J connectivity index is 2.81. The van der Waals surface area contributed by atoms with Crippen LogP contribution in [0.15, 0.2) is 18.2 Å². The van der Waals surface area contributed by atoms with E-state index in [2.05, 4.69) is 4.74 Å². The lowest BCUT2D eigenvalue weighted by Crippen LogP contribution is -2.31. The molecule has 0 bridgehead atoms. The number of benzene rings is 1. The third-order valence-corrected chi connectivity index (χ3v) is 2.68. The SMILES string of the molecule is COCOc1ccc(I)cc1COC(F)(F)C(=O)O. The summed E-state index contributed by atoms with van der Waals surface area (Å²) in [4.78, 5) is 10.2. The van der Waals surface area contributed by atoms with E-state index in [9.17, 15) is 13.6 Å². The molecule has 5 nitrogen and oxygen atoms in total. The largest absolute Gasteiger partial charge is 0.475 e. The Labute approximate surface area is 121 Å². The van der Waals surface area contributed by atoms with Gasteiger partial charge in [0.05, 0.1) is 6.61 Å². The number of ether oxygens (including phenoxy) is 3. The lowest BCUT2D eigenvalue weighted by atomic mass is 10.2. The minimum atomic E-state index is -4.24. The molecular formula is C11H11F2IO5. The van der Waals surface area contributed by atoms with Gasteiger partial charge in [-0.3, -0.25) is 0 Å². The van der Waals surface area contributed by atoms with Crippen molar-refractivity contribution in [3.8, 4) is 5.75 Å². The second kappa shape index (κ2) is 6.96. The molecular weight excluding hydrogens is 377 g/mol. The van der Waals surface area contributed by atoms with E-state index in [0.29, 0.717) is 11.3 Å². The minimum Gasteiger partial charge on any atom is -0.475 e. The lowest BCUT2D eigenvalue weighted by molar-refractivity contribution is -0.250. The van der Waals surface area contributed by atoms with Crippen molar-refractivity contribution in [1.29, 1.82) is 0 Å². The highest BCUT2D eigenvalue weighted by atomic mass is 127. The summed E-state index contributed by atoms with van der Waals surface area (Å²) in [6.45, 7) is -0.641. The first-order valence-electron chi connectivity index (χ1n) is 5.02. The van der Waals surface area contributed by atoms with Crippen molar-refractivity contribution in [3.05, 3.63) is 27.3 Å². The van der Waals surface area contributed by atoms with Crippen molar-refractivity contribution in [2.24, 2.45) is 0 Å². The van der Waals surface area contributed by atoms with E-state index in [1.165, 1.54) is 7.11 Å². The average Bonchev–Trinajstić information content (AvgIpc) is 2.35. The zero-order valence-electron chi connectivity index (χ0n) is 9.86. The quantitative estimate of drug-likeness (QED) is 0.575. The lowest BCUT2D eigenvalue weighted by Gasteiger charge is -2.15. The van der Waals surface area contributed by atoms with Crippen LogP contribution in [0.5, 0.6) is 5.75 Å². The third kappa shape index (κ3) is 4.88. The number of carbonyl (C=O) groups is 1. The number of carboxylic acid groups (broad SMARTS) is 1. The van der Waals surface area contributed by atoms with E-state index >= 15 is 0 Å². The van der Waals surface area contributed by atoms with Crippen molar-refractivity contribution < 1.29 is 32.9 Å². The Morgan fingerprint density at radius 2 is 2.16 bits per heavy atom. The highest BCUT2D eigenvalue weighted by Crippen LogP contribution is 2.25. The van der Waals surface area contributed by atoms with Crippen LogP contribution >= 0.6 is 22.6 Å². The monoisotopic (exact) mass is 388 g/mol. The van der Waals surface area contributed by atoms with Crippen molar-refractivity contribution >= 4 is 28.6 Å². The summed E-state index contributed by atoms with van der Waals surface area (Å²) < 4.78 is 40.4. The van der Waals surface area contributed by atoms with Gasteiger partial charge in [-0.05, 0) is 40.8 Å². The van der Waals surface area contributed by atoms with Gasteiger partial charge in [-0.25, -0.2) is 4.79 Å². The minimum absolute atomic E-state index is 0.0527. The second-order valence-electron chi connectivity index (χ2n) is 3.41. The van der Waals surface area contributed by atoms with E-state index in [-0.39, 0.29) is 6.79 Å². The molecule has 1 aromatic carbocycles. The Hall–Kier alpha value is -1.00. The van der Waals surface area contributed by atoms with Crippen LogP contribution < -0.4 is 4.74 Å². The maximum absolute atomic E-state index is 12.8. The molecule has 0 aliphatic heterocycles. The summed E-state index contributed by atoms with van der Waals surface area (Å²) in [6.07, 6.45) is -4.24. The summed E-state index contributed by atoms with van der Waals surface area (Å²) in [6, 6.07) is 4.84. The van der Waals surface area contributed by atoms with Gasteiger partial charge < -0.3 is 19.3 Å². The first kappa shape index (κ1) is 16.1. The molecule has 0 aliphatic carbocycles. The maximum Gasteiger partial charge on any atom is 0.456 e. The van der Waals surface area contributed by atoms with Gasteiger partial charge in [-0.15, -0.1) is 0 Å². The first-order valence-corrected chi connectivity index (χ1v) is 6.10. The van der Waals surface area contributed by atoms with Crippen molar-refractivity contribution in [3.63, 3.8) is 0 Å². The predicted molar refractivity (Wildman–Crippen MR) is 69.0 cm³/mol. The molecule has 0 saturated heterocycles. The zero-order chi connectivity index (χ0) is 14.5. The summed E-state index contributed by atoms with van der Waals surface area (Å²) >= 11 is 1.99. The second-order valence-corrected chi connectivity index (χ2v) is 4.66.